The van der Waals surface area contributed by atoms with Crippen LogP contribution in [0.3, 0.4) is 0 Å². The van der Waals surface area contributed by atoms with E-state index in [1.165, 1.54) is 64.6 Å². The zero-order chi connectivity index (χ0) is 10.5. The van der Waals surface area contributed by atoms with Crippen LogP contribution in [0.2, 0.25) is 0 Å². The van der Waals surface area contributed by atoms with Crippen LogP contribution in [0.5, 0.6) is 0 Å². The molecule has 2 heteroatoms. The average molecular weight is 227 g/mol. The Morgan fingerprint density at radius 1 is 1.00 bits per heavy atom. The van der Waals surface area contributed by atoms with E-state index < -0.39 is 0 Å². The summed E-state index contributed by atoms with van der Waals surface area (Å²) in [5.74, 6) is 1.03. The Bertz CT molecular complexity index is 169. The van der Waals surface area contributed by atoms with Gasteiger partial charge in [-0.1, -0.05) is 19.3 Å². The summed E-state index contributed by atoms with van der Waals surface area (Å²) in [5.41, 5.74) is 0. The molecular formula is C13H25NS. The van der Waals surface area contributed by atoms with Crippen LogP contribution >= 0.6 is 11.8 Å². The van der Waals surface area contributed by atoms with Gasteiger partial charge in [0.1, 0.15) is 0 Å². The van der Waals surface area contributed by atoms with E-state index >= 15 is 0 Å². The molecule has 0 radical (unpaired) electrons. The Morgan fingerprint density at radius 3 is 2.27 bits per heavy atom. The summed E-state index contributed by atoms with van der Waals surface area (Å²) in [6.45, 7) is 4.13. The first-order valence-electron chi connectivity index (χ1n) is 6.63. The van der Waals surface area contributed by atoms with Crippen molar-refractivity contribution in [2.75, 3.05) is 25.9 Å². The molecule has 0 N–H and O–H groups in total. The Kier molecular flexibility index (Phi) is 4.83. The van der Waals surface area contributed by atoms with E-state index in [4.69, 9.17) is 0 Å². The van der Waals surface area contributed by atoms with Gasteiger partial charge in [-0.25, -0.2) is 0 Å². The fraction of sp³-hybridized carbons (Fsp3) is 1.00. The molecule has 0 spiro atoms. The highest BCUT2D eigenvalue weighted by Crippen LogP contribution is 2.27. The molecule has 88 valence electrons. The van der Waals surface area contributed by atoms with Crippen LogP contribution < -0.4 is 0 Å². The molecule has 15 heavy (non-hydrogen) atoms. The molecule has 2 fully saturated rings. The van der Waals surface area contributed by atoms with Gasteiger partial charge in [-0.3, -0.25) is 0 Å². The molecule has 0 amide bonds. The van der Waals surface area contributed by atoms with Crippen molar-refractivity contribution < 1.29 is 0 Å². The van der Waals surface area contributed by atoms with Gasteiger partial charge in [-0.2, -0.15) is 11.8 Å². The van der Waals surface area contributed by atoms with Gasteiger partial charge in [0.2, 0.25) is 0 Å². The molecule has 2 aliphatic rings. The molecule has 1 aliphatic heterocycles. The van der Waals surface area contributed by atoms with Gasteiger partial charge in [0.05, 0.1) is 0 Å². The third kappa shape index (κ3) is 3.67. The van der Waals surface area contributed by atoms with E-state index in [0.29, 0.717) is 0 Å². The molecule has 1 heterocycles. The summed E-state index contributed by atoms with van der Waals surface area (Å²) < 4.78 is 0. The van der Waals surface area contributed by atoms with Crippen LogP contribution in [-0.2, 0) is 0 Å². The van der Waals surface area contributed by atoms with Crippen LogP contribution in [-0.4, -0.2) is 36.0 Å². The second-order valence-electron chi connectivity index (χ2n) is 5.24. The Labute approximate surface area is 99.0 Å². The Balaban J connectivity index is 1.67. The Hall–Kier alpha value is 0.310. The summed E-state index contributed by atoms with van der Waals surface area (Å²) in [4.78, 5) is 2.72. The van der Waals surface area contributed by atoms with Crippen LogP contribution in [0.1, 0.15) is 44.9 Å². The van der Waals surface area contributed by atoms with Gasteiger partial charge >= 0.3 is 0 Å². The number of nitrogens with zero attached hydrogens (tertiary/aromatic N) is 1. The van der Waals surface area contributed by atoms with Gasteiger partial charge in [-0.15, -0.1) is 0 Å². The van der Waals surface area contributed by atoms with Crippen molar-refractivity contribution in [3.63, 3.8) is 0 Å². The first-order valence-corrected chi connectivity index (χ1v) is 7.92. The molecule has 1 saturated heterocycles. The monoisotopic (exact) mass is 227 g/mol. The zero-order valence-electron chi connectivity index (χ0n) is 10.1. The average Bonchev–Trinajstić information content (AvgIpc) is 2.31. The highest BCUT2D eigenvalue weighted by atomic mass is 32.2. The number of hydrogen-bond acceptors (Lipinski definition) is 2. The molecule has 0 atom stereocenters. The predicted molar refractivity (Wildman–Crippen MR) is 69.6 cm³/mol. The lowest BCUT2D eigenvalue weighted by atomic mass is 9.88. The minimum absolute atomic E-state index is 0.951. The molecule has 0 unspecified atom stereocenters. The third-order valence-electron chi connectivity index (χ3n) is 4.11. The second kappa shape index (κ2) is 6.15. The zero-order valence-corrected chi connectivity index (χ0v) is 10.9. The summed E-state index contributed by atoms with van der Waals surface area (Å²) in [6.07, 6.45) is 12.6. The molecule has 1 saturated carbocycles. The van der Waals surface area contributed by atoms with Gasteiger partial charge in [0.15, 0.2) is 0 Å². The fourth-order valence-corrected chi connectivity index (χ4v) is 3.74. The first kappa shape index (κ1) is 11.8. The van der Waals surface area contributed by atoms with Crippen LogP contribution in [0.4, 0.5) is 0 Å². The second-order valence-corrected chi connectivity index (χ2v) is 6.38. The van der Waals surface area contributed by atoms with E-state index in [0.717, 1.165) is 11.2 Å². The molecule has 0 bridgehead atoms. The van der Waals surface area contributed by atoms with Crippen molar-refractivity contribution in [2.45, 2.75) is 50.2 Å². The minimum Gasteiger partial charge on any atom is -0.303 e. The summed E-state index contributed by atoms with van der Waals surface area (Å²) >= 11 is 2.07. The van der Waals surface area contributed by atoms with Crippen LogP contribution in [0.15, 0.2) is 0 Å². The highest BCUT2D eigenvalue weighted by Gasteiger charge is 2.21. The van der Waals surface area contributed by atoms with Crippen molar-refractivity contribution in [2.24, 2.45) is 5.92 Å². The summed E-state index contributed by atoms with van der Waals surface area (Å²) in [7, 11) is 0. The third-order valence-corrected chi connectivity index (χ3v) is 5.25. The topological polar surface area (TPSA) is 3.24 Å². The molecule has 0 aromatic carbocycles. The molecule has 0 aromatic rings. The molecule has 2 rings (SSSR count). The van der Waals surface area contributed by atoms with Crippen molar-refractivity contribution in [3.05, 3.63) is 0 Å². The standard InChI is InChI=1S/C13H25NS/c1-15-13-7-9-14(10-8-13)11-12-5-3-2-4-6-12/h12-13H,2-11H2,1H3. The minimum atomic E-state index is 0.951. The lowest BCUT2D eigenvalue weighted by molar-refractivity contribution is 0.176. The SMILES string of the molecule is CSC1CCN(CC2CCCCC2)CC1. The van der Waals surface area contributed by atoms with Crippen molar-refractivity contribution in [1.82, 2.24) is 4.90 Å². The van der Waals surface area contributed by atoms with Gasteiger partial charge in [0, 0.05) is 11.8 Å². The van der Waals surface area contributed by atoms with Gasteiger partial charge in [0.25, 0.3) is 0 Å². The lowest BCUT2D eigenvalue weighted by Crippen LogP contribution is -2.38. The van der Waals surface area contributed by atoms with E-state index in [1.54, 1.807) is 0 Å². The number of piperidine rings is 1. The summed E-state index contributed by atoms with van der Waals surface area (Å²) in [6, 6.07) is 0. The Morgan fingerprint density at radius 2 is 1.67 bits per heavy atom. The molecule has 1 nitrogen and oxygen atoms in total. The number of likely N-dealkylation sites (tertiary alicyclic amines) is 1. The largest absolute Gasteiger partial charge is 0.303 e. The van der Waals surface area contributed by atoms with Crippen molar-refractivity contribution in [1.29, 1.82) is 0 Å². The molecule has 1 aliphatic carbocycles. The maximum absolute atomic E-state index is 2.72. The smallest absolute Gasteiger partial charge is 0.00685 e. The van der Waals surface area contributed by atoms with Gasteiger partial charge in [-0.05, 0) is 50.9 Å². The van der Waals surface area contributed by atoms with Gasteiger partial charge < -0.3 is 4.90 Å². The molecule has 0 aromatic heterocycles. The van der Waals surface area contributed by atoms with Crippen molar-refractivity contribution >= 4 is 11.8 Å². The van der Waals surface area contributed by atoms with E-state index in [9.17, 15) is 0 Å². The van der Waals surface area contributed by atoms with E-state index in [1.807, 2.05) is 0 Å². The first-order chi connectivity index (χ1) is 7.38. The quantitative estimate of drug-likeness (QED) is 0.727. The highest BCUT2D eigenvalue weighted by molar-refractivity contribution is 7.99. The van der Waals surface area contributed by atoms with E-state index in [2.05, 4.69) is 22.9 Å². The van der Waals surface area contributed by atoms with Crippen LogP contribution in [0.25, 0.3) is 0 Å². The van der Waals surface area contributed by atoms with Crippen LogP contribution in [0, 0.1) is 5.92 Å². The number of thioether (sulfide) groups is 1. The fourth-order valence-electron chi connectivity index (χ4n) is 3.06. The summed E-state index contributed by atoms with van der Waals surface area (Å²) in [5, 5.41) is 0.951. The predicted octanol–water partition coefficient (Wildman–Crippen LogP) is 3.39. The maximum Gasteiger partial charge on any atom is 0.00685 e. The molecular weight excluding hydrogens is 202 g/mol. The lowest BCUT2D eigenvalue weighted by Gasteiger charge is -2.34. The maximum atomic E-state index is 2.72. The normalized spacial score (nSPS) is 27.0. The van der Waals surface area contributed by atoms with E-state index in [-0.39, 0.29) is 0 Å². The number of hydrogen-bond donors (Lipinski definition) is 0. The van der Waals surface area contributed by atoms with Crippen molar-refractivity contribution in [3.8, 4) is 0 Å². The number of rotatable bonds is 3.